The molecule has 100 valence electrons. The first-order valence-corrected chi connectivity index (χ1v) is 5.94. The van der Waals surface area contributed by atoms with Crippen LogP contribution in [-0.4, -0.2) is 27.8 Å². The molecule has 0 radical (unpaired) electrons. The van der Waals surface area contributed by atoms with Gasteiger partial charge in [0.05, 0.1) is 6.54 Å². The van der Waals surface area contributed by atoms with Gasteiger partial charge in [-0.3, -0.25) is 4.79 Å². The van der Waals surface area contributed by atoms with E-state index in [-0.39, 0.29) is 13.1 Å². The van der Waals surface area contributed by atoms with Crippen molar-refractivity contribution in [2.45, 2.75) is 13.5 Å². The fourth-order valence-corrected chi connectivity index (χ4v) is 1.75. The first-order valence-electron chi connectivity index (χ1n) is 5.56. The molecule has 2 aromatic rings. The normalized spacial score (nSPS) is 10.4. The molecule has 0 saturated heterocycles. The highest BCUT2D eigenvalue weighted by Gasteiger charge is 2.14. The SMILES string of the molecule is Cc1noc(CN(CC(=O)O)c2ccc(Cl)cc2)n1. The molecule has 0 bridgehead atoms. The Bertz CT molecular complexity index is 568. The van der Waals surface area contributed by atoms with Crippen molar-refractivity contribution in [2.24, 2.45) is 0 Å². The number of carbonyl (C=O) groups is 1. The second-order valence-electron chi connectivity index (χ2n) is 3.96. The van der Waals surface area contributed by atoms with E-state index in [4.69, 9.17) is 21.2 Å². The molecule has 1 N–H and O–H groups in total. The van der Waals surface area contributed by atoms with Crippen LogP contribution in [0.4, 0.5) is 5.69 Å². The van der Waals surface area contributed by atoms with Gasteiger partial charge < -0.3 is 14.5 Å². The zero-order chi connectivity index (χ0) is 13.8. The van der Waals surface area contributed by atoms with Gasteiger partial charge in [0.25, 0.3) is 0 Å². The van der Waals surface area contributed by atoms with Crippen LogP contribution in [0.25, 0.3) is 0 Å². The van der Waals surface area contributed by atoms with Gasteiger partial charge in [-0.05, 0) is 31.2 Å². The average molecular weight is 282 g/mol. The van der Waals surface area contributed by atoms with Crippen LogP contribution in [0.3, 0.4) is 0 Å². The van der Waals surface area contributed by atoms with Crippen molar-refractivity contribution in [3.8, 4) is 0 Å². The summed E-state index contributed by atoms with van der Waals surface area (Å²) in [5, 5.41) is 13.2. The van der Waals surface area contributed by atoms with Gasteiger partial charge in [0.2, 0.25) is 5.89 Å². The van der Waals surface area contributed by atoms with Crippen molar-refractivity contribution >= 4 is 23.3 Å². The third-order valence-electron chi connectivity index (χ3n) is 2.41. The molecule has 0 aliphatic rings. The van der Waals surface area contributed by atoms with Crippen molar-refractivity contribution in [3.05, 3.63) is 41.0 Å². The average Bonchev–Trinajstić information content (AvgIpc) is 2.74. The fourth-order valence-electron chi connectivity index (χ4n) is 1.62. The molecular formula is C12H12ClN3O3. The number of anilines is 1. The molecule has 0 atom stereocenters. The Morgan fingerprint density at radius 1 is 1.42 bits per heavy atom. The fraction of sp³-hybridized carbons (Fsp3) is 0.250. The van der Waals surface area contributed by atoms with Crippen molar-refractivity contribution in [1.29, 1.82) is 0 Å². The van der Waals surface area contributed by atoms with E-state index >= 15 is 0 Å². The van der Waals surface area contributed by atoms with Gasteiger partial charge in [-0.1, -0.05) is 16.8 Å². The summed E-state index contributed by atoms with van der Waals surface area (Å²) in [5.74, 6) is -0.0544. The Morgan fingerprint density at radius 2 is 2.11 bits per heavy atom. The predicted octanol–water partition coefficient (Wildman–Crippen LogP) is 2.12. The quantitative estimate of drug-likeness (QED) is 0.904. The lowest BCUT2D eigenvalue weighted by atomic mass is 10.3. The molecule has 19 heavy (non-hydrogen) atoms. The number of halogens is 1. The Kier molecular flexibility index (Phi) is 4.01. The molecule has 2 rings (SSSR count). The number of carboxylic acids is 1. The molecule has 0 aliphatic heterocycles. The monoisotopic (exact) mass is 281 g/mol. The number of benzene rings is 1. The van der Waals surface area contributed by atoms with Gasteiger partial charge in [-0.25, -0.2) is 0 Å². The number of hydrogen-bond donors (Lipinski definition) is 1. The van der Waals surface area contributed by atoms with Gasteiger partial charge in [0.1, 0.15) is 6.54 Å². The Hall–Kier alpha value is -2.08. The van der Waals surface area contributed by atoms with Gasteiger partial charge in [-0.15, -0.1) is 0 Å². The molecule has 0 amide bonds. The molecule has 0 saturated carbocycles. The van der Waals surface area contributed by atoms with Crippen LogP contribution in [-0.2, 0) is 11.3 Å². The predicted molar refractivity (Wildman–Crippen MR) is 69.2 cm³/mol. The molecule has 0 unspecified atom stereocenters. The zero-order valence-corrected chi connectivity index (χ0v) is 11.0. The highest BCUT2D eigenvalue weighted by molar-refractivity contribution is 6.30. The Morgan fingerprint density at radius 3 is 2.63 bits per heavy atom. The van der Waals surface area contributed by atoms with E-state index in [2.05, 4.69) is 10.1 Å². The molecule has 1 heterocycles. The molecule has 1 aromatic heterocycles. The lowest BCUT2D eigenvalue weighted by Crippen LogP contribution is -2.29. The van der Waals surface area contributed by atoms with E-state index in [0.29, 0.717) is 16.7 Å². The molecule has 0 aliphatic carbocycles. The molecule has 0 spiro atoms. The summed E-state index contributed by atoms with van der Waals surface area (Å²) in [6.07, 6.45) is 0. The number of aromatic nitrogens is 2. The van der Waals surface area contributed by atoms with Crippen LogP contribution in [0, 0.1) is 6.92 Å². The summed E-state index contributed by atoms with van der Waals surface area (Å²) in [4.78, 5) is 16.6. The molecule has 6 nitrogen and oxygen atoms in total. The summed E-state index contributed by atoms with van der Waals surface area (Å²) in [5.41, 5.74) is 0.725. The number of aryl methyl sites for hydroxylation is 1. The third-order valence-corrected chi connectivity index (χ3v) is 2.67. The van der Waals surface area contributed by atoms with Crippen LogP contribution in [0.15, 0.2) is 28.8 Å². The highest BCUT2D eigenvalue weighted by atomic mass is 35.5. The standard InChI is InChI=1S/C12H12ClN3O3/c1-8-14-11(19-15-8)6-16(7-12(17)18)10-4-2-9(13)3-5-10/h2-5H,6-7H2,1H3,(H,17,18). The van der Waals surface area contributed by atoms with Crippen molar-refractivity contribution in [1.82, 2.24) is 10.1 Å². The van der Waals surface area contributed by atoms with Crippen molar-refractivity contribution in [2.75, 3.05) is 11.4 Å². The maximum atomic E-state index is 10.9. The number of carboxylic acid groups (broad SMARTS) is 1. The van der Waals surface area contributed by atoms with Crippen molar-refractivity contribution in [3.63, 3.8) is 0 Å². The van der Waals surface area contributed by atoms with Crippen LogP contribution in [0.5, 0.6) is 0 Å². The zero-order valence-electron chi connectivity index (χ0n) is 10.2. The minimum Gasteiger partial charge on any atom is -0.480 e. The molecule has 1 aromatic carbocycles. The van der Waals surface area contributed by atoms with E-state index in [1.165, 1.54) is 0 Å². The number of hydrogen-bond acceptors (Lipinski definition) is 5. The van der Waals surface area contributed by atoms with E-state index in [9.17, 15) is 4.79 Å². The van der Waals surface area contributed by atoms with E-state index < -0.39 is 5.97 Å². The van der Waals surface area contributed by atoms with E-state index in [1.54, 1.807) is 36.1 Å². The summed E-state index contributed by atoms with van der Waals surface area (Å²) in [6, 6.07) is 6.89. The molecule has 0 fully saturated rings. The van der Waals surface area contributed by atoms with Crippen LogP contribution >= 0.6 is 11.6 Å². The topological polar surface area (TPSA) is 79.5 Å². The number of nitrogens with zero attached hydrogens (tertiary/aromatic N) is 3. The first kappa shape index (κ1) is 13.4. The number of aliphatic carboxylic acids is 1. The molecular weight excluding hydrogens is 270 g/mol. The lowest BCUT2D eigenvalue weighted by Gasteiger charge is -2.20. The maximum absolute atomic E-state index is 10.9. The summed E-state index contributed by atoms with van der Waals surface area (Å²) in [7, 11) is 0. The largest absolute Gasteiger partial charge is 0.480 e. The van der Waals surface area contributed by atoms with Crippen LogP contribution < -0.4 is 4.90 Å². The molecule has 7 heteroatoms. The van der Waals surface area contributed by atoms with Crippen LogP contribution in [0.1, 0.15) is 11.7 Å². The van der Waals surface area contributed by atoms with E-state index in [1.807, 2.05) is 0 Å². The summed E-state index contributed by atoms with van der Waals surface area (Å²) >= 11 is 5.81. The minimum atomic E-state index is -0.939. The van der Waals surface area contributed by atoms with Gasteiger partial charge in [0, 0.05) is 10.7 Å². The smallest absolute Gasteiger partial charge is 0.323 e. The Labute approximate surface area is 114 Å². The third kappa shape index (κ3) is 3.69. The summed E-state index contributed by atoms with van der Waals surface area (Å²) < 4.78 is 5.00. The summed E-state index contributed by atoms with van der Waals surface area (Å²) in [6.45, 7) is 1.77. The van der Waals surface area contributed by atoms with Crippen LogP contribution in [0.2, 0.25) is 5.02 Å². The Balaban J connectivity index is 2.20. The first-order chi connectivity index (χ1) is 9.04. The van der Waals surface area contributed by atoms with E-state index in [0.717, 1.165) is 5.69 Å². The number of rotatable bonds is 5. The lowest BCUT2D eigenvalue weighted by molar-refractivity contribution is -0.135. The second-order valence-corrected chi connectivity index (χ2v) is 4.40. The van der Waals surface area contributed by atoms with Gasteiger partial charge in [0.15, 0.2) is 5.82 Å². The van der Waals surface area contributed by atoms with Gasteiger partial charge in [-0.2, -0.15) is 4.98 Å². The highest BCUT2D eigenvalue weighted by Crippen LogP contribution is 2.19. The minimum absolute atomic E-state index is 0.164. The van der Waals surface area contributed by atoms with Crippen molar-refractivity contribution < 1.29 is 14.4 Å². The maximum Gasteiger partial charge on any atom is 0.323 e. The van der Waals surface area contributed by atoms with Gasteiger partial charge >= 0.3 is 5.97 Å². The second kappa shape index (κ2) is 5.71.